The summed E-state index contributed by atoms with van der Waals surface area (Å²) in [7, 11) is 0. The summed E-state index contributed by atoms with van der Waals surface area (Å²) in [5, 5.41) is 25.7. The number of fused-ring (bicyclic) bond motifs is 4. The van der Waals surface area contributed by atoms with Crippen LogP contribution in [0.15, 0.2) is 23.4 Å². The molecular weight excluding hydrogens is 440 g/mol. The van der Waals surface area contributed by atoms with Gasteiger partial charge in [-0.25, -0.2) is 0 Å². The van der Waals surface area contributed by atoms with Crippen LogP contribution in [0.1, 0.15) is 37.7 Å². The van der Waals surface area contributed by atoms with Gasteiger partial charge in [-0.1, -0.05) is 11.2 Å². The third-order valence-corrected chi connectivity index (χ3v) is 7.39. The summed E-state index contributed by atoms with van der Waals surface area (Å²) in [5.41, 5.74) is 1.39. The number of carbonyl (C=O) groups excluding carboxylic acids is 2. The first kappa shape index (κ1) is 22.7. The topological polar surface area (TPSA) is 118 Å². The van der Waals surface area contributed by atoms with Crippen molar-refractivity contribution in [1.82, 2.24) is 4.90 Å². The van der Waals surface area contributed by atoms with Crippen LogP contribution >= 0.6 is 0 Å². The highest BCUT2D eigenvalue weighted by atomic mass is 16.7. The molecule has 2 N–H and O–H groups in total. The Bertz CT molecular complexity index is 1050. The number of oxime groups is 1. The summed E-state index contributed by atoms with van der Waals surface area (Å²) in [4.78, 5) is 33.4. The number of hydrogen-bond donors (Lipinski definition) is 2. The second kappa shape index (κ2) is 9.28. The molecule has 2 aliphatic heterocycles. The van der Waals surface area contributed by atoms with Gasteiger partial charge in [0.15, 0.2) is 11.5 Å². The smallest absolute Gasteiger partial charge is 0.233 e. The van der Waals surface area contributed by atoms with Crippen molar-refractivity contribution in [2.75, 3.05) is 13.4 Å². The molecule has 2 heterocycles. The lowest BCUT2D eigenvalue weighted by atomic mass is 9.60. The second-order valence-corrected chi connectivity index (χ2v) is 9.33. The zero-order chi connectivity index (χ0) is 23.8. The fraction of sp³-hybridized carbons (Fsp3) is 0.560. The Kier molecular flexibility index (Phi) is 6.19. The van der Waals surface area contributed by atoms with Crippen molar-refractivity contribution in [3.8, 4) is 23.8 Å². The normalized spacial score (nSPS) is 33.0. The minimum atomic E-state index is -1.11. The Morgan fingerprint density at radius 1 is 1.15 bits per heavy atom. The third-order valence-electron chi connectivity index (χ3n) is 7.39. The van der Waals surface area contributed by atoms with E-state index in [4.69, 9.17) is 20.7 Å². The third kappa shape index (κ3) is 3.91. The van der Waals surface area contributed by atoms with Crippen LogP contribution in [0.2, 0.25) is 0 Å². The van der Waals surface area contributed by atoms with Gasteiger partial charge in [-0.05, 0) is 37.0 Å². The van der Waals surface area contributed by atoms with E-state index in [9.17, 15) is 19.8 Å². The molecule has 6 atom stereocenters. The number of hydrogen-bond acceptors (Lipinski definition) is 8. The second-order valence-electron chi connectivity index (χ2n) is 9.33. The van der Waals surface area contributed by atoms with Crippen molar-refractivity contribution in [2.45, 2.75) is 50.9 Å². The molecule has 1 saturated heterocycles. The molecule has 0 unspecified atom stereocenters. The minimum Gasteiger partial charge on any atom is -0.454 e. The van der Waals surface area contributed by atoms with Gasteiger partial charge in [0.25, 0.3) is 0 Å². The Labute approximate surface area is 197 Å². The number of aliphatic hydroxyl groups excluding tert-OH is 2. The highest BCUT2D eigenvalue weighted by Crippen LogP contribution is 2.50. The molecule has 0 aromatic heterocycles. The van der Waals surface area contributed by atoms with Crippen LogP contribution in [0.4, 0.5) is 0 Å². The summed E-state index contributed by atoms with van der Waals surface area (Å²) in [6, 6.07) is 5.34. The van der Waals surface area contributed by atoms with Crippen LogP contribution in [0.3, 0.4) is 0 Å². The molecule has 2 amide bonds. The monoisotopic (exact) mass is 468 g/mol. The Morgan fingerprint density at radius 3 is 2.76 bits per heavy atom. The molecule has 0 bridgehead atoms. The molecule has 4 aliphatic rings. The van der Waals surface area contributed by atoms with Gasteiger partial charge < -0.3 is 24.5 Å². The first-order chi connectivity index (χ1) is 16.5. The predicted octanol–water partition coefficient (Wildman–Crippen LogP) is 1.45. The molecule has 2 saturated carbocycles. The van der Waals surface area contributed by atoms with E-state index >= 15 is 0 Å². The SMILES string of the molecule is C#CCCCO/N=C1\C[C@@H](O)[C@@H](O)[C@@H]2[C@@H]3C(=O)N(Cc4ccc5c(c4)OCO5)C(=O)[C@@H]3CC[C@H]12. The number of carbonyl (C=O) groups is 2. The number of aliphatic hydroxyl groups is 2. The predicted molar refractivity (Wildman–Crippen MR) is 119 cm³/mol. The van der Waals surface area contributed by atoms with Crippen molar-refractivity contribution in [2.24, 2.45) is 28.8 Å². The molecule has 5 rings (SSSR count). The van der Waals surface area contributed by atoms with E-state index in [1.807, 2.05) is 0 Å². The van der Waals surface area contributed by atoms with Crippen LogP contribution in [0, 0.1) is 36.0 Å². The van der Waals surface area contributed by atoms with Crippen LogP contribution < -0.4 is 9.47 Å². The van der Waals surface area contributed by atoms with Crippen molar-refractivity contribution < 1.29 is 34.1 Å². The van der Waals surface area contributed by atoms with Gasteiger partial charge >= 0.3 is 0 Å². The highest BCUT2D eigenvalue weighted by Gasteiger charge is 2.59. The molecule has 0 radical (unpaired) electrons. The number of nitrogens with zero attached hydrogens (tertiary/aromatic N) is 2. The first-order valence-corrected chi connectivity index (χ1v) is 11.7. The molecule has 1 aromatic rings. The Hall–Kier alpha value is -3.09. The van der Waals surface area contributed by atoms with Gasteiger partial charge in [0.1, 0.15) is 6.61 Å². The van der Waals surface area contributed by atoms with Crippen molar-refractivity contribution in [3.63, 3.8) is 0 Å². The van der Waals surface area contributed by atoms with Crippen molar-refractivity contribution >= 4 is 17.5 Å². The summed E-state index contributed by atoms with van der Waals surface area (Å²) in [5.74, 6) is 1.18. The minimum absolute atomic E-state index is 0.122. The van der Waals surface area contributed by atoms with Gasteiger partial charge in [-0.15, -0.1) is 12.3 Å². The fourth-order valence-corrected chi connectivity index (χ4v) is 5.78. The van der Waals surface area contributed by atoms with E-state index in [-0.39, 0.29) is 37.5 Å². The molecule has 3 fully saturated rings. The lowest BCUT2D eigenvalue weighted by Gasteiger charge is -2.45. The number of amides is 2. The van der Waals surface area contributed by atoms with E-state index in [2.05, 4.69) is 11.1 Å². The van der Waals surface area contributed by atoms with Gasteiger partial charge in [-0.2, -0.15) is 0 Å². The summed E-state index contributed by atoms with van der Waals surface area (Å²) in [6.45, 7) is 0.623. The maximum absolute atomic E-state index is 13.5. The Balaban J connectivity index is 1.35. The fourth-order valence-electron chi connectivity index (χ4n) is 5.78. The maximum atomic E-state index is 13.5. The van der Waals surface area contributed by atoms with Crippen LogP contribution in [-0.4, -0.2) is 58.2 Å². The number of unbranched alkanes of at least 4 members (excludes halogenated alkanes) is 1. The zero-order valence-corrected chi connectivity index (χ0v) is 18.8. The number of terminal acetylenes is 1. The van der Waals surface area contributed by atoms with E-state index in [1.165, 1.54) is 4.90 Å². The van der Waals surface area contributed by atoms with Crippen LogP contribution in [0.5, 0.6) is 11.5 Å². The molecule has 2 aliphatic carbocycles. The molecule has 0 spiro atoms. The van der Waals surface area contributed by atoms with Crippen molar-refractivity contribution in [1.29, 1.82) is 0 Å². The Morgan fingerprint density at radius 2 is 1.94 bits per heavy atom. The molecule has 9 nitrogen and oxygen atoms in total. The lowest BCUT2D eigenvalue weighted by molar-refractivity contribution is -0.142. The molecular formula is C25H28N2O7. The highest BCUT2D eigenvalue weighted by molar-refractivity contribution is 6.06. The summed E-state index contributed by atoms with van der Waals surface area (Å²) < 4.78 is 10.7. The van der Waals surface area contributed by atoms with Gasteiger partial charge in [0.2, 0.25) is 18.6 Å². The van der Waals surface area contributed by atoms with Gasteiger partial charge in [0, 0.05) is 24.7 Å². The van der Waals surface area contributed by atoms with E-state index in [0.717, 1.165) is 5.56 Å². The zero-order valence-electron chi connectivity index (χ0n) is 18.8. The van der Waals surface area contributed by atoms with E-state index in [1.54, 1.807) is 18.2 Å². The molecule has 180 valence electrons. The van der Waals surface area contributed by atoms with E-state index < -0.39 is 30.0 Å². The average Bonchev–Trinajstić information content (AvgIpc) is 3.40. The number of benzene rings is 1. The summed E-state index contributed by atoms with van der Waals surface area (Å²) in [6.07, 6.45) is 5.62. The first-order valence-electron chi connectivity index (χ1n) is 11.7. The average molecular weight is 469 g/mol. The standard InChI is InChI=1S/C25H28N2O7/c1-2-3-4-9-34-26-17-11-18(28)23(29)21-15(17)6-7-16-22(21)25(31)27(24(16)30)12-14-5-8-19-20(10-14)33-13-32-19/h1,5,8,10,15-16,18,21-23,28-29H,3-4,6-7,9,11-13H2/b26-17+/t15-,16-,18-,21+,22-,23-/m1/s1. The lowest BCUT2D eigenvalue weighted by Crippen LogP contribution is -2.54. The van der Waals surface area contributed by atoms with E-state index in [0.29, 0.717) is 49.5 Å². The van der Waals surface area contributed by atoms with Crippen LogP contribution in [-0.2, 0) is 21.0 Å². The van der Waals surface area contributed by atoms with Gasteiger partial charge in [-0.3, -0.25) is 14.5 Å². The number of likely N-dealkylation sites (tertiary alicyclic amines) is 1. The van der Waals surface area contributed by atoms with Crippen LogP contribution in [0.25, 0.3) is 0 Å². The largest absolute Gasteiger partial charge is 0.454 e. The quantitative estimate of drug-likeness (QED) is 0.281. The molecule has 1 aromatic carbocycles. The maximum Gasteiger partial charge on any atom is 0.233 e. The molecule has 9 heteroatoms. The van der Waals surface area contributed by atoms with Gasteiger partial charge in [0.05, 0.1) is 36.3 Å². The number of rotatable bonds is 6. The number of ether oxygens (including phenoxy) is 2. The van der Waals surface area contributed by atoms with Crippen molar-refractivity contribution in [3.05, 3.63) is 23.8 Å². The number of imide groups is 1. The summed E-state index contributed by atoms with van der Waals surface area (Å²) >= 11 is 0. The molecule has 34 heavy (non-hydrogen) atoms.